The Morgan fingerprint density at radius 2 is 0.778 bits per heavy atom. The van der Waals surface area contributed by atoms with Gasteiger partial charge in [-0.15, -0.1) is 0 Å². The van der Waals surface area contributed by atoms with Crippen molar-refractivity contribution in [3.05, 3.63) is 142 Å². The van der Waals surface area contributed by atoms with Gasteiger partial charge in [-0.25, -0.2) is 0 Å². The standard InChI is InChI=1S/C34H36O2/c1-32(2,3)26-16-20-29(21-17-26)34(36,30-22-18-27(19-23-30)33(4,5)6)28-14-12-25(13-15-28)31(35)24-10-8-7-9-11-24/h7-23,36H,1-6H3. The Balaban J connectivity index is 1.80. The van der Waals surface area contributed by atoms with Gasteiger partial charge in [0.05, 0.1) is 0 Å². The van der Waals surface area contributed by atoms with E-state index < -0.39 is 5.60 Å². The maximum Gasteiger partial charge on any atom is 0.193 e. The lowest BCUT2D eigenvalue weighted by molar-refractivity contribution is 0.103. The molecule has 0 saturated carbocycles. The Labute approximate surface area is 215 Å². The van der Waals surface area contributed by atoms with Crippen molar-refractivity contribution in [2.24, 2.45) is 0 Å². The van der Waals surface area contributed by atoms with Crippen molar-refractivity contribution in [1.82, 2.24) is 0 Å². The molecule has 0 bridgehead atoms. The highest BCUT2D eigenvalue weighted by Gasteiger charge is 2.34. The van der Waals surface area contributed by atoms with Crippen LogP contribution in [0.25, 0.3) is 0 Å². The first-order chi connectivity index (χ1) is 16.9. The summed E-state index contributed by atoms with van der Waals surface area (Å²) in [5, 5.41) is 12.4. The van der Waals surface area contributed by atoms with Crippen molar-refractivity contribution in [2.45, 2.75) is 58.0 Å². The van der Waals surface area contributed by atoms with Crippen LogP contribution in [0.4, 0.5) is 0 Å². The smallest absolute Gasteiger partial charge is 0.193 e. The molecule has 0 spiro atoms. The SMILES string of the molecule is CC(C)(C)c1ccc(C(O)(c2ccc(C(=O)c3ccccc3)cc2)c2ccc(C(C)(C)C)cc2)cc1. The topological polar surface area (TPSA) is 37.3 Å². The molecule has 2 heteroatoms. The van der Waals surface area contributed by atoms with Gasteiger partial charge in [0.15, 0.2) is 5.78 Å². The van der Waals surface area contributed by atoms with Crippen molar-refractivity contribution in [2.75, 3.05) is 0 Å². The second-order valence-corrected chi connectivity index (χ2v) is 11.6. The van der Waals surface area contributed by atoms with Crippen molar-refractivity contribution >= 4 is 5.78 Å². The minimum atomic E-state index is -1.36. The monoisotopic (exact) mass is 476 g/mol. The number of hydrogen-bond acceptors (Lipinski definition) is 2. The van der Waals surface area contributed by atoms with Gasteiger partial charge in [-0.3, -0.25) is 4.79 Å². The molecule has 0 radical (unpaired) electrons. The zero-order valence-corrected chi connectivity index (χ0v) is 22.2. The van der Waals surface area contributed by atoms with Crippen LogP contribution < -0.4 is 0 Å². The lowest BCUT2D eigenvalue weighted by Gasteiger charge is -2.32. The molecule has 4 aromatic rings. The molecule has 2 nitrogen and oxygen atoms in total. The summed E-state index contributed by atoms with van der Waals surface area (Å²) in [4.78, 5) is 12.9. The molecule has 0 unspecified atom stereocenters. The lowest BCUT2D eigenvalue weighted by Crippen LogP contribution is -2.29. The van der Waals surface area contributed by atoms with Gasteiger partial charge >= 0.3 is 0 Å². The minimum absolute atomic E-state index is 0.0183. The van der Waals surface area contributed by atoms with Crippen LogP contribution >= 0.6 is 0 Å². The first-order valence-corrected chi connectivity index (χ1v) is 12.6. The van der Waals surface area contributed by atoms with Crippen LogP contribution in [-0.2, 0) is 16.4 Å². The van der Waals surface area contributed by atoms with E-state index in [9.17, 15) is 9.90 Å². The molecular weight excluding hydrogens is 440 g/mol. The molecule has 0 aliphatic rings. The fourth-order valence-corrected chi connectivity index (χ4v) is 4.54. The summed E-state index contributed by atoms with van der Waals surface area (Å²) in [5.41, 5.74) is 4.65. The maximum atomic E-state index is 12.9. The highest BCUT2D eigenvalue weighted by molar-refractivity contribution is 6.08. The summed E-state index contributed by atoms with van der Waals surface area (Å²) in [5.74, 6) is -0.0326. The average molecular weight is 477 g/mol. The molecule has 36 heavy (non-hydrogen) atoms. The second-order valence-electron chi connectivity index (χ2n) is 11.6. The maximum absolute atomic E-state index is 12.9. The summed E-state index contributed by atoms with van der Waals surface area (Å²) in [6.45, 7) is 13.1. The van der Waals surface area contributed by atoms with E-state index in [0.717, 1.165) is 16.7 Å². The molecule has 4 aromatic carbocycles. The molecule has 4 rings (SSSR count). The molecule has 0 aliphatic carbocycles. The summed E-state index contributed by atoms with van der Waals surface area (Å²) in [7, 11) is 0. The van der Waals surface area contributed by atoms with E-state index >= 15 is 0 Å². The molecule has 0 aromatic heterocycles. The third-order valence-electron chi connectivity index (χ3n) is 6.94. The van der Waals surface area contributed by atoms with Crippen LogP contribution in [0.5, 0.6) is 0 Å². The number of benzene rings is 4. The number of rotatable bonds is 5. The molecule has 0 saturated heterocycles. The van der Waals surface area contributed by atoms with E-state index in [1.54, 1.807) is 0 Å². The first-order valence-electron chi connectivity index (χ1n) is 12.6. The van der Waals surface area contributed by atoms with Gasteiger partial charge in [0, 0.05) is 11.1 Å². The lowest BCUT2D eigenvalue weighted by atomic mass is 9.77. The number of ketones is 1. The Morgan fingerprint density at radius 3 is 1.14 bits per heavy atom. The van der Waals surface area contributed by atoms with E-state index in [4.69, 9.17) is 0 Å². The highest BCUT2D eigenvalue weighted by Crippen LogP contribution is 2.38. The molecule has 0 atom stereocenters. The van der Waals surface area contributed by atoms with E-state index in [0.29, 0.717) is 11.1 Å². The molecule has 0 aliphatic heterocycles. The summed E-state index contributed by atoms with van der Waals surface area (Å²) in [6, 6.07) is 33.1. The van der Waals surface area contributed by atoms with Crippen molar-refractivity contribution < 1.29 is 9.90 Å². The number of carbonyl (C=O) groups is 1. The van der Waals surface area contributed by atoms with Crippen LogP contribution in [0.1, 0.15) is 85.3 Å². The number of carbonyl (C=O) groups excluding carboxylic acids is 1. The van der Waals surface area contributed by atoms with Crippen molar-refractivity contribution in [3.63, 3.8) is 0 Å². The average Bonchev–Trinajstić information content (AvgIpc) is 2.87. The van der Waals surface area contributed by atoms with Crippen LogP contribution in [-0.4, -0.2) is 10.9 Å². The molecule has 184 valence electrons. The third-order valence-corrected chi connectivity index (χ3v) is 6.94. The van der Waals surface area contributed by atoms with Crippen LogP contribution in [0.2, 0.25) is 0 Å². The van der Waals surface area contributed by atoms with E-state index in [-0.39, 0.29) is 16.6 Å². The van der Waals surface area contributed by atoms with Gasteiger partial charge in [-0.2, -0.15) is 0 Å². The van der Waals surface area contributed by atoms with Crippen molar-refractivity contribution in [3.8, 4) is 0 Å². The van der Waals surface area contributed by atoms with Gasteiger partial charge < -0.3 is 5.11 Å². The van der Waals surface area contributed by atoms with Crippen molar-refractivity contribution in [1.29, 1.82) is 0 Å². The normalized spacial score (nSPS) is 12.4. The number of aliphatic hydroxyl groups is 1. The Hall–Kier alpha value is -3.49. The summed E-state index contributed by atoms with van der Waals surface area (Å²) < 4.78 is 0. The second kappa shape index (κ2) is 9.52. The molecule has 1 N–H and O–H groups in total. The number of hydrogen-bond donors (Lipinski definition) is 1. The van der Waals surface area contributed by atoms with Gasteiger partial charge in [-0.05, 0) is 38.6 Å². The zero-order valence-electron chi connectivity index (χ0n) is 22.2. The van der Waals surface area contributed by atoms with Gasteiger partial charge in [0.25, 0.3) is 0 Å². The first kappa shape index (κ1) is 25.6. The van der Waals surface area contributed by atoms with Gasteiger partial charge in [0.1, 0.15) is 5.60 Å². The van der Waals surface area contributed by atoms with Crippen LogP contribution in [0.15, 0.2) is 103 Å². The van der Waals surface area contributed by atoms with E-state index in [2.05, 4.69) is 65.8 Å². The van der Waals surface area contributed by atoms with Gasteiger partial charge in [-0.1, -0.05) is 145 Å². The Bertz CT molecular complexity index is 1260. The summed E-state index contributed by atoms with van der Waals surface area (Å²) >= 11 is 0. The molecule has 0 amide bonds. The third kappa shape index (κ3) is 5.05. The van der Waals surface area contributed by atoms with Crippen LogP contribution in [0, 0.1) is 0 Å². The quantitative estimate of drug-likeness (QED) is 0.236. The predicted molar refractivity (Wildman–Crippen MR) is 149 cm³/mol. The Kier molecular flexibility index (Phi) is 6.77. The molecule has 0 heterocycles. The summed E-state index contributed by atoms with van der Waals surface area (Å²) in [6.07, 6.45) is 0. The fraction of sp³-hybridized carbons (Fsp3) is 0.265. The van der Waals surface area contributed by atoms with Gasteiger partial charge in [0.2, 0.25) is 0 Å². The molecular formula is C34H36O2. The Morgan fingerprint density at radius 1 is 0.472 bits per heavy atom. The largest absolute Gasteiger partial charge is 0.376 e. The van der Waals surface area contributed by atoms with E-state index in [1.807, 2.05) is 78.9 Å². The van der Waals surface area contributed by atoms with Crippen LogP contribution in [0.3, 0.4) is 0 Å². The predicted octanol–water partition coefficient (Wildman–Crippen LogP) is 7.80. The highest BCUT2D eigenvalue weighted by atomic mass is 16.3. The van der Waals surface area contributed by atoms with E-state index in [1.165, 1.54) is 11.1 Å². The zero-order chi connectivity index (χ0) is 26.1. The molecule has 0 fully saturated rings. The fourth-order valence-electron chi connectivity index (χ4n) is 4.54. The minimum Gasteiger partial charge on any atom is -0.376 e.